The zero-order chi connectivity index (χ0) is 13.2. The van der Waals surface area contributed by atoms with Gasteiger partial charge in [0, 0.05) is 12.1 Å². The van der Waals surface area contributed by atoms with Crippen LogP contribution in [0.4, 0.5) is 11.4 Å². The van der Waals surface area contributed by atoms with Gasteiger partial charge in [-0.05, 0) is 18.9 Å². The number of H-pyrrole nitrogens is 1. The van der Waals surface area contributed by atoms with Gasteiger partial charge in [-0.1, -0.05) is 25.7 Å². The number of nitrogens with two attached hydrogens (primary N) is 1. The second-order valence-electron chi connectivity index (χ2n) is 5.28. The van der Waals surface area contributed by atoms with E-state index in [1.165, 1.54) is 38.5 Å². The Morgan fingerprint density at radius 1 is 1.21 bits per heavy atom. The summed E-state index contributed by atoms with van der Waals surface area (Å²) >= 11 is 0. The lowest BCUT2D eigenvalue weighted by Crippen LogP contribution is -2.19. The van der Waals surface area contributed by atoms with Gasteiger partial charge in [-0.2, -0.15) is 0 Å². The summed E-state index contributed by atoms with van der Waals surface area (Å²) in [5.41, 5.74) is 8.72. The van der Waals surface area contributed by atoms with E-state index in [1.54, 1.807) is 6.07 Å². The molecule has 1 heterocycles. The van der Waals surface area contributed by atoms with Crippen molar-refractivity contribution >= 4 is 22.5 Å². The third-order valence-electron chi connectivity index (χ3n) is 3.81. The van der Waals surface area contributed by atoms with E-state index in [0.29, 0.717) is 22.8 Å². The molecular formula is C14H19N3O2. The van der Waals surface area contributed by atoms with Gasteiger partial charge >= 0.3 is 5.76 Å². The summed E-state index contributed by atoms with van der Waals surface area (Å²) in [6.07, 6.45) is 7.53. The molecule has 1 aliphatic rings. The Morgan fingerprint density at radius 3 is 2.68 bits per heavy atom. The van der Waals surface area contributed by atoms with Gasteiger partial charge in [0.2, 0.25) is 0 Å². The predicted molar refractivity (Wildman–Crippen MR) is 76.4 cm³/mol. The maximum Gasteiger partial charge on any atom is 0.417 e. The Kier molecular flexibility index (Phi) is 3.19. The predicted octanol–water partition coefficient (Wildman–Crippen LogP) is 2.84. The fourth-order valence-corrected chi connectivity index (χ4v) is 2.78. The molecule has 1 aliphatic carbocycles. The van der Waals surface area contributed by atoms with Crippen LogP contribution in [0.5, 0.6) is 0 Å². The first kappa shape index (κ1) is 12.1. The van der Waals surface area contributed by atoms with Crippen LogP contribution in [-0.4, -0.2) is 11.0 Å². The second kappa shape index (κ2) is 4.99. The molecule has 1 aromatic carbocycles. The minimum Gasteiger partial charge on any atom is -0.408 e. The summed E-state index contributed by atoms with van der Waals surface area (Å²) < 4.78 is 4.99. The number of hydrogen-bond acceptors (Lipinski definition) is 4. The number of nitrogen functional groups attached to an aromatic ring is 1. The Labute approximate surface area is 111 Å². The molecule has 1 saturated carbocycles. The first-order valence-corrected chi connectivity index (χ1v) is 6.91. The van der Waals surface area contributed by atoms with E-state index in [0.717, 1.165) is 5.69 Å². The molecule has 5 heteroatoms. The van der Waals surface area contributed by atoms with E-state index in [1.807, 2.05) is 6.07 Å². The van der Waals surface area contributed by atoms with Gasteiger partial charge in [-0.25, -0.2) is 4.79 Å². The van der Waals surface area contributed by atoms with Crippen molar-refractivity contribution in [3.63, 3.8) is 0 Å². The van der Waals surface area contributed by atoms with Crippen LogP contribution in [0, 0.1) is 0 Å². The summed E-state index contributed by atoms with van der Waals surface area (Å²) in [6.45, 7) is 0. The van der Waals surface area contributed by atoms with Gasteiger partial charge < -0.3 is 15.5 Å². The molecule has 0 radical (unpaired) electrons. The Bertz CT molecular complexity index is 621. The van der Waals surface area contributed by atoms with Gasteiger partial charge in [0.15, 0.2) is 5.58 Å². The van der Waals surface area contributed by atoms with Crippen molar-refractivity contribution in [1.82, 2.24) is 4.98 Å². The molecule has 0 atom stereocenters. The molecule has 0 bridgehead atoms. The van der Waals surface area contributed by atoms with Crippen molar-refractivity contribution in [1.29, 1.82) is 0 Å². The van der Waals surface area contributed by atoms with E-state index >= 15 is 0 Å². The number of aromatic nitrogens is 1. The van der Waals surface area contributed by atoms with Crippen LogP contribution in [0.2, 0.25) is 0 Å². The van der Waals surface area contributed by atoms with Gasteiger partial charge in [0.1, 0.15) is 0 Å². The van der Waals surface area contributed by atoms with E-state index in [9.17, 15) is 4.79 Å². The van der Waals surface area contributed by atoms with Crippen LogP contribution in [0.3, 0.4) is 0 Å². The third kappa shape index (κ3) is 2.59. The van der Waals surface area contributed by atoms with Crippen LogP contribution in [0.25, 0.3) is 11.1 Å². The normalized spacial score (nSPS) is 17.5. The molecule has 19 heavy (non-hydrogen) atoms. The maximum atomic E-state index is 11.2. The third-order valence-corrected chi connectivity index (χ3v) is 3.81. The Morgan fingerprint density at radius 2 is 1.95 bits per heavy atom. The van der Waals surface area contributed by atoms with Crippen molar-refractivity contribution in [2.45, 2.75) is 44.6 Å². The molecule has 2 aromatic rings. The van der Waals surface area contributed by atoms with Gasteiger partial charge in [-0.3, -0.25) is 4.98 Å². The highest BCUT2D eigenvalue weighted by atomic mass is 16.4. The van der Waals surface area contributed by atoms with Crippen LogP contribution >= 0.6 is 0 Å². The fourth-order valence-electron chi connectivity index (χ4n) is 2.78. The standard InChI is InChI=1S/C14H19N3O2/c15-10-7-13-12(17-14(18)19-13)8-11(10)16-9-5-3-1-2-4-6-9/h7-9,16H,1-6,15H2,(H,17,18). The monoisotopic (exact) mass is 261 g/mol. The van der Waals surface area contributed by atoms with E-state index in [-0.39, 0.29) is 0 Å². The smallest absolute Gasteiger partial charge is 0.408 e. The molecule has 0 spiro atoms. The number of benzene rings is 1. The Balaban J connectivity index is 1.86. The summed E-state index contributed by atoms with van der Waals surface area (Å²) in [6, 6.07) is 4.04. The topological polar surface area (TPSA) is 84.0 Å². The lowest BCUT2D eigenvalue weighted by molar-refractivity contribution is 0.555. The molecular weight excluding hydrogens is 242 g/mol. The van der Waals surface area contributed by atoms with Crippen molar-refractivity contribution in [3.05, 3.63) is 22.7 Å². The minimum absolute atomic E-state index is 0.444. The zero-order valence-corrected chi connectivity index (χ0v) is 10.9. The molecule has 0 amide bonds. The SMILES string of the molecule is Nc1cc2oc(=O)[nH]c2cc1NC1CCCCCC1. The molecule has 1 aromatic heterocycles. The van der Waals surface area contributed by atoms with E-state index < -0.39 is 5.76 Å². The summed E-state index contributed by atoms with van der Waals surface area (Å²) in [5, 5.41) is 3.50. The lowest BCUT2D eigenvalue weighted by Gasteiger charge is -2.18. The second-order valence-corrected chi connectivity index (χ2v) is 5.28. The quantitative estimate of drug-likeness (QED) is 0.573. The van der Waals surface area contributed by atoms with Gasteiger partial charge in [0.25, 0.3) is 0 Å². The lowest BCUT2D eigenvalue weighted by atomic mass is 10.1. The number of aromatic amines is 1. The van der Waals surface area contributed by atoms with E-state index in [2.05, 4.69) is 10.3 Å². The highest BCUT2D eigenvalue weighted by Gasteiger charge is 2.14. The largest absolute Gasteiger partial charge is 0.417 e. The Hall–Kier alpha value is -1.91. The van der Waals surface area contributed by atoms with Gasteiger partial charge in [-0.15, -0.1) is 0 Å². The number of oxazole rings is 1. The first-order chi connectivity index (χ1) is 9.22. The minimum atomic E-state index is -0.444. The number of hydrogen-bond donors (Lipinski definition) is 3. The molecule has 3 rings (SSSR count). The fraction of sp³-hybridized carbons (Fsp3) is 0.500. The van der Waals surface area contributed by atoms with Crippen LogP contribution < -0.4 is 16.8 Å². The van der Waals surface area contributed by atoms with Crippen molar-refractivity contribution in [3.8, 4) is 0 Å². The summed E-state index contributed by atoms with van der Waals surface area (Å²) in [4.78, 5) is 13.8. The van der Waals surface area contributed by atoms with Crippen LogP contribution in [-0.2, 0) is 0 Å². The average Bonchev–Trinajstić information content (AvgIpc) is 2.59. The molecule has 5 nitrogen and oxygen atoms in total. The summed E-state index contributed by atoms with van der Waals surface area (Å²) in [7, 11) is 0. The van der Waals surface area contributed by atoms with Crippen LogP contribution in [0.1, 0.15) is 38.5 Å². The van der Waals surface area contributed by atoms with Gasteiger partial charge in [0.05, 0.1) is 16.9 Å². The molecule has 0 unspecified atom stereocenters. The number of anilines is 2. The van der Waals surface area contributed by atoms with Crippen molar-refractivity contribution in [2.24, 2.45) is 0 Å². The van der Waals surface area contributed by atoms with Crippen molar-refractivity contribution in [2.75, 3.05) is 11.1 Å². The van der Waals surface area contributed by atoms with E-state index in [4.69, 9.17) is 10.2 Å². The average molecular weight is 261 g/mol. The highest BCUT2D eigenvalue weighted by molar-refractivity contribution is 5.85. The first-order valence-electron chi connectivity index (χ1n) is 6.91. The molecule has 0 aliphatic heterocycles. The molecule has 0 saturated heterocycles. The summed E-state index contributed by atoms with van der Waals surface area (Å²) in [5.74, 6) is -0.444. The molecule has 4 N–H and O–H groups in total. The highest BCUT2D eigenvalue weighted by Crippen LogP contribution is 2.27. The number of nitrogens with one attached hydrogen (secondary N) is 2. The number of fused-ring (bicyclic) bond motifs is 1. The zero-order valence-electron chi connectivity index (χ0n) is 10.9. The molecule has 1 fully saturated rings. The van der Waals surface area contributed by atoms with Crippen molar-refractivity contribution < 1.29 is 4.42 Å². The maximum absolute atomic E-state index is 11.2. The number of rotatable bonds is 2. The van der Waals surface area contributed by atoms with Crippen LogP contribution in [0.15, 0.2) is 21.3 Å². The molecule has 102 valence electrons.